The van der Waals surface area contributed by atoms with Gasteiger partial charge in [-0.15, -0.1) is 0 Å². The van der Waals surface area contributed by atoms with Crippen molar-refractivity contribution in [3.8, 4) is 0 Å². The highest BCUT2D eigenvalue weighted by Gasteiger charge is 2.36. The SMILES string of the molecule is CB(O)c1ccc(C(=O)NCCOCCOCCNC(=O)Nc2cccc3c(C(=O)C(=O)N4CCN(C(=O)c5ccccc5)C[C@H]4C)c[nH]c23)cc1.C[C@@H]1CN(C(=O)c2ccccc2)CCN1C(=O)C(=O)c1c[nH]c2c(NC(=O)NCCCCNC(=O)Nc3cccc(B(O)O)c3)cccc12. The van der Waals surface area contributed by atoms with Gasteiger partial charge in [0.25, 0.3) is 41.1 Å². The number of Topliss-reactive ketones (excluding diaryl/α,β-unsaturated/α-hetero) is 2. The molecule has 30 heteroatoms. The number of rotatable bonds is 26. The molecular formula is C71H81B2N13O15. The summed E-state index contributed by atoms with van der Waals surface area (Å²) in [5, 5.41) is 48.2. The highest BCUT2D eigenvalue weighted by Crippen LogP contribution is 2.29. The van der Waals surface area contributed by atoms with Gasteiger partial charge in [0, 0.05) is 123 Å². The molecule has 2 saturated heterocycles. The van der Waals surface area contributed by atoms with Crippen LogP contribution in [0.5, 0.6) is 0 Å². The van der Waals surface area contributed by atoms with Crippen LogP contribution in [0, 0.1) is 0 Å². The van der Waals surface area contributed by atoms with Crippen LogP contribution in [0.25, 0.3) is 21.8 Å². The molecule has 2 fully saturated rings. The molecule has 526 valence electrons. The van der Waals surface area contributed by atoms with Crippen molar-refractivity contribution in [3.63, 3.8) is 0 Å². The summed E-state index contributed by atoms with van der Waals surface area (Å²) in [6.45, 7) is 8.84. The molecule has 0 radical (unpaired) electrons. The second-order valence-electron chi connectivity index (χ2n) is 24.1. The minimum absolute atomic E-state index is 0.112. The highest BCUT2D eigenvalue weighted by molar-refractivity contribution is 6.64. The molecule has 2 atom stereocenters. The maximum Gasteiger partial charge on any atom is 0.488 e. The maximum atomic E-state index is 13.4. The summed E-state index contributed by atoms with van der Waals surface area (Å²) in [4.78, 5) is 141. The number of nitrogens with zero attached hydrogens (tertiary/aromatic N) is 4. The first-order valence-corrected chi connectivity index (χ1v) is 33.2. The molecule has 0 spiro atoms. The number of aromatic amines is 2. The standard InChI is InChI=1S/C37H43BN6O8.C34H38BN7O7/c1-25-24-43(35(47)27-7-4-3-5-8-27)17-18-44(25)36(48)33(45)30-23-41-32-29(30)9-6-10-31(32)42-37(49)40-16-20-52-22-21-51-19-15-39-34(46)26-11-13-28(14-12-26)38(2)50;1-22-21-41(31(44)23-9-3-2-4-10-23)17-18-42(22)32(45)30(43)27-20-38-29-26(27)13-8-14-28(29)40-34(47)37-16-6-5-15-36-33(46)39-25-12-7-11-24(19-25)35(48)49/h3-14,23,25,41,50H,15-22,24H2,1-2H3,(H,39,46)(H2,40,42,49);2-4,7-14,19-20,22,38,48-49H,5-6,15-18,21H2,1H3,(H2,36,39,46)(H2,37,40,47)/t25-;22-/m11/s1. The minimum atomic E-state index is -1.63. The van der Waals surface area contributed by atoms with E-state index < -0.39 is 55.5 Å². The second-order valence-corrected chi connectivity index (χ2v) is 24.1. The summed E-state index contributed by atoms with van der Waals surface area (Å²) < 4.78 is 11.0. The largest absolute Gasteiger partial charge is 0.488 e. The smallest absolute Gasteiger partial charge is 0.447 e. The summed E-state index contributed by atoms with van der Waals surface area (Å²) in [6.07, 6.45) is 4.10. The maximum absolute atomic E-state index is 13.4. The second kappa shape index (κ2) is 36.1. The highest BCUT2D eigenvalue weighted by atomic mass is 16.5. The number of fused-ring (bicyclic) bond motifs is 2. The van der Waals surface area contributed by atoms with E-state index in [1.807, 2.05) is 26.0 Å². The fourth-order valence-electron chi connectivity index (χ4n) is 11.5. The van der Waals surface area contributed by atoms with Gasteiger partial charge in [-0.3, -0.25) is 33.6 Å². The van der Waals surface area contributed by atoms with E-state index in [9.17, 15) is 63.0 Å². The molecule has 101 heavy (non-hydrogen) atoms. The number of urea groups is 3. The molecule has 0 bridgehead atoms. The van der Waals surface area contributed by atoms with Crippen LogP contribution >= 0.6 is 0 Å². The van der Waals surface area contributed by atoms with Crippen molar-refractivity contribution in [1.29, 1.82) is 0 Å². The lowest BCUT2D eigenvalue weighted by atomic mass is 9.64. The van der Waals surface area contributed by atoms with Crippen molar-refractivity contribution in [2.24, 2.45) is 0 Å². The van der Waals surface area contributed by atoms with Gasteiger partial charge in [0.2, 0.25) is 0 Å². The first-order valence-electron chi connectivity index (χ1n) is 33.2. The minimum Gasteiger partial charge on any atom is -0.447 e. The molecule has 4 heterocycles. The van der Waals surface area contributed by atoms with Gasteiger partial charge in [0.05, 0.1) is 60.0 Å². The van der Waals surface area contributed by atoms with Crippen LogP contribution in [0.3, 0.4) is 0 Å². The van der Waals surface area contributed by atoms with Crippen LogP contribution in [0.1, 0.15) is 78.5 Å². The van der Waals surface area contributed by atoms with E-state index in [2.05, 4.69) is 47.2 Å². The molecule has 0 saturated carbocycles. The molecule has 2 aromatic heterocycles. The Bertz CT molecular complexity index is 4230. The van der Waals surface area contributed by atoms with Gasteiger partial charge >= 0.3 is 32.1 Å². The van der Waals surface area contributed by atoms with Gasteiger partial charge < -0.3 is 91.3 Å². The molecule has 2 aliphatic heterocycles. The number of H-pyrrole nitrogens is 2. The Labute approximate surface area is 583 Å². The summed E-state index contributed by atoms with van der Waals surface area (Å²) in [5.41, 5.74) is 5.30. The zero-order chi connectivity index (χ0) is 72.0. The van der Waals surface area contributed by atoms with E-state index in [-0.39, 0.29) is 72.6 Å². The van der Waals surface area contributed by atoms with Crippen molar-refractivity contribution in [2.75, 3.05) is 108 Å². The third-order valence-electron chi connectivity index (χ3n) is 16.9. The van der Waals surface area contributed by atoms with Gasteiger partial charge in [0.1, 0.15) is 0 Å². The molecule has 11 amide bonds. The van der Waals surface area contributed by atoms with E-state index >= 15 is 0 Å². The quantitative estimate of drug-likeness (QED) is 0.0156. The number of ether oxygens (including phenoxy) is 2. The van der Waals surface area contributed by atoms with Gasteiger partial charge in [-0.1, -0.05) is 91.8 Å². The number of ketones is 2. The summed E-state index contributed by atoms with van der Waals surface area (Å²) in [5.74, 6) is -3.11. The Balaban J connectivity index is 0.000000236. The van der Waals surface area contributed by atoms with E-state index in [0.717, 1.165) is 5.46 Å². The Morgan fingerprint density at radius 2 is 0.921 bits per heavy atom. The van der Waals surface area contributed by atoms with Crippen molar-refractivity contribution < 1.29 is 72.5 Å². The fourth-order valence-corrected chi connectivity index (χ4v) is 11.5. The monoisotopic (exact) mass is 1380 g/mol. The van der Waals surface area contributed by atoms with Crippen LogP contribution < -0.4 is 48.1 Å². The third-order valence-corrected chi connectivity index (χ3v) is 16.9. The summed E-state index contributed by atoms with van der Waals surface area (Å²) in [7, 11) is -1.63. The van der Waals surface area contributed by atoms with Crippen LogP contribution in [0.4, 0.5) is 31.4 Å². The van der Waals surface area contributed by atoms with Crippen LogP contribution in [-0.2, 0) is 19.1 Å². The molecule has 2 aliphatic rings. The Morgan fingerprint density at radius 1 is 0.475 bits per heavy atom. The van der Waals surface area contributed by atoms with E-state index in [4.69, 9.17) is 9.47 Å². The van der Waals surface area contributed by atoms with Crippen molar-refractivity contribution in [3.05, 3.63) is 186 Å². The number of benzene rings is 6. The summed E-state index contributed by atoms with van der Waals surface area (Å²) in [6, 6.07) is 38.9. The number of carbonyl (C=O) groups is 10. The molecule has 28 nitrogen and oxygen atoms in total. The topological polar surface area (TPSA) is 379 Å². The average molecular weight is 1380 g/mol. The third kappa shape index (κ3) is 20.0. The molecule has 6 aromatic carbocycles. The molecule has 0 aliphatic carbocycles. The number of carbonyl (C=O) groups excluding carboxylic acids is 10. The molecule has 12 N–H and O–H groups in total. The Kier molecular flexibility index (Phi) is 26.5. The first kappa shape index (κ1) is 74.1. The van der Waals surface area contributed by atoms with Gasteiger partial charge in [-0.25, -0.2) is 14.4 Å². The van der Waals surface area contributed by atoms with E-state index in [1.54, 1.807) is 138 Å². The number of unbranched alkanes of at least 4 members (excludes halogenated alkanes) is 1. The van der Waals surface area contributed by atoms with E-state index in [1.165, 1.54) is 34.3 Å². The number of anilines is 3. The number of amides is 11. The Morgan fingerprint density at radius 3 is 1.38 bits per heavy atom. The fraction of sp³-hybridized carbons (Fsp3) is 0.296. The molecular weight excluding hydrogens is 1300 g/mol. The number of piperazine rings is 2. The first-order chi connectivity index (χ1) is 48.8. The van der Waals surface area contributed by atoms with Crippen LogP contribution in [-0.4, -0.2) is 222 Å². The van der Waals surface area contributed by atoms with Crippen molar-refractivity contribution >= 4 is 123 Å². The number of para-hydroxylation sites is 2. The van der Waals surface area contributed by atoms with Gasteiger partial charge in [-0.2, -0.15) is 0 Å². The number of hydrogen-bond acceptors (Lipinski definition) is 15. The van der Waals surface area contributed by atoms with Gasteiger partial charge in [0.15, 0.2) is 0 Å². The molecule has 10 rings (SSSR count). The molecule has 0 unspecified atom stereocenters. The number of aromatic nitrogens is 2. The number of hydrogen-bond donors (Lipinski definition) is 12. The zero-order valence-electron chi connectivity index (χ0n) is 56.2. The normalized spacial score (nSPS) is 14.2. The lowest BCUT2D eigenvalue weighted by molar-refractivity contribution is -0.130. The Hall–Kier alpha value is -11.2. The number of nitrogens with one attached hydrogen (secondary N) is 9. The van der Waals surface area contributed by atoms with Crippen LogP contribution in [0.15, 0.2) is 158 Å². The van der Waals surface area contributed by atoms with Gasteiger partial charge in [-0.05, 0) is 98.3 Å². The van der Waals surface area contributed by atoms with Crippen molar-refractivity contribution in [2.45, 2.75) is 45.6 Å². The van der Waals surface area contributed by atoms with Crippen molar-refractivity contribution in [1.82, 2.24) is 50.8 Å². The predicted octanol–water partition coefficient (Wildman–Crippen LogP) is 4.26. The molecule has 8 aromatic rings. The predicted molar refractivity (Wildman–Crippen MR) is 383 cm³/mol. The lowest BCUT2D eigenvalue weighted by Gasteiger charge is -2.39. The lowest BCUT2D eigenvalue weighted by Crippen LogP contribution is -2.56. The van der Waals surface area contributed by atoms with E-state index in [0.29, 0.717) is 134 Å². The summed E-state index contributed by atoms with van der Waals surface area (Å²) >= 11 is 0. The zero-order valence-corrected chi connectivity index (χ0v) is 56.2. The van der Waals surface area contributed by atoms with Crippen LogP contribution in [0.2, 0.25) is 6.82 Å². The average Bonchev–Trinajstić information content (AvgIpc) is 1.70.